The van der Waals surface area contributed by atoms with Crippen molar-refractivity contribution in [2.24, 2.45) is 0 Å². The smallest absolute Gasteiger partial charge is 0.167 e. The molecule has 4 heteroatoms. The predicted molar refractivity (Wildman–Crippen MR) is 201 cm³/mol. The lowest BCUT2D eigenvalue weighted by atomic mass is 9.92. The zero-order valence-corrected chi connectivity index (χ0v) is 26.3. The summed E-state index contributed by atoms with van der Waals surface area (Å²) in [6, 6.07) is 56.9. The summed E-state index contributed by atoms with van der Waals surface area (Å²) in [4.78, 5) is 15.2. The van der Waals surface area contributed by atoms with E-state index in [2.05, 4.69) is 133 Å². The molecule has 0 radical (unpaired) electrons. The van der Waals surface area contributed by atoms with Crippen LogP contribution in [-0.2, 0) is 0 Å². The van der Waals surface area contributed by atoms with Crippen molar-refractivity contribution in [1.82, 2.24) is 15.0 Å². The minimum atomic E-state index is 0.568. The first-order valence-corrected chi connectivity index (χ1v) is 16.4. The molecule has 0 saturated heterocycles. The van der Waals surface area contributed by atoms with Crippen molar-refractivity contribution in [3.8, 4) is 45.3 Å². The Balaban J connectivity index is 1.26. The largest absolute Gasteiger partial charge is 0.455 e. The van der Waals surface area contributed by atoms with Crippen LogP contribution in [0.3, 0.4) is 0 Å². The lowest BCUT2D eigenvalue weighted by molar-refractivity contribution is 0.671. The Bertz CT molecular complexity index is 2890. The van der Waals surface area contributed by atoms with Crippen LogP contribution in [0.4, 0.5) is 0 Å². The van der Waals surface area contributed by atoms with Gasteiger partial charge in [-0.1, -0.05) is 146 Å². The van der Waals surface area contributed by atoms with Gasteiger partial charge in [0, 0.05) is 27.5 Å². The van der Waals surface area contributed by atoms with E-state index >= 15 is 0 Å². The molecule has 2 heterocycles. The van der Waals surface area contributed by atoms with E-state index in [-0.39, 0.29) is 0 Å². The van der Waals surface area contributed by atoms with Gasteiger partial charge in [0.05, 0.1) is 5.56 Å². The number of hydrogen-bond donors (Lipinski definition) is 0. The van der Waals surface area contributed by atoms with Crippen molar-refractivity contribution in [3.05, 3.63) is 164 Å². The second-order valence-electron chi connectivity index (χ2n) is 12.4. The first kappa shape index (κ1) is 27.5. The third-order valence-corrected chi connectivity index (χ3v) is 9.49. The van der Waals surface area contributed by atoms with Gasteiger partial charge >= 0.3 is 0 Å². The number of furan rings is 1. The van der Waals surface area contributed by atoms with Crippen LogP contribution >= 0.6 is 0 Å². The maximum absolute atomic E-state index is 7.03. The summed E-state index contributed by atoms with van der Waals surface area (Å²) < 4.78 is 7.03. The molecule has 49 heavy (non-hydrogen) atoms. The Labute approximate surface area is 282 Å². The molecule has 0 N–H and O–H groups in total. The number of hydrogen-bond acceptors (Lipinski definition) is 4. The molecule has 4 nitrogen and oxygen atoms in total. The van der Waals surface area contributed by atoms with E-state index in [1.807, 2.05) is 30.3 Å². The van der Waals surface area contributed by atoms with E-state index in [1.54, 1.807) is 0 Å². The number of aromatic nitrogens is 3. The Kier molecular flexibility index (Phi) is 6.15. The fraction of sp³-hybridized carbons (Fsp3) is 0. The standard InChI is InChI=1S/C45H27N3O/c1-2-14-30(15-3-1)43-46-44(33-25-24-28-12-4-5-16-31(28)26-33)48-45(47-43)38-23-11-22-37-39-27-32-17-7-9-20-35(32)40(42(39)49-41(37)38)36-21-10-18-29-13-6-8-19-34(29)36/h1-27H. The van der Waals surface area contributed by atoms with Gasteiger partial charge in [-0.3, -0.25) is 0 Å². The summed E-state index contributed by atoms with van der Waals surface area (Å²) in [7, 11) is 0. The van der Waals surface area contributed by atoms with Crippen LogP contribution in [0.1, 0.15) is 0 Å². The molecule has 0 bridgehead atoms. The molecule has 10 rings (SSSR count). The molecule has 10 aromatic rings. The number of benzene rings is 8. The van der Waals surface area contributed by atoms with E-state index in [1.165, 1.54) is 16.2 Å². The van der Waals surface area contributed by atoms with Crippen molar-refractivity contribution in [3.63, 3.8) is 0 Å². The van der Waals surface area contributed by atoms with E-state index < -0.39 is 0 Å². The normalized spacial score (nSPS) is 11.7. The molecule has 8 aromatic carbocycles. The number of nitrogens with zero attached hydrogens (tertiary/aromatic N) is 3. The van der Waals surface area contributed by atoms with Crippen LogP contribution in [0.15, 0.2) is 168 Å². The highest BCUT2D eigenvalue weighted by atomic mass is 16.3. The predicted octanol–water partition coefficient (Wildman–Crippen LogP) is 11.9. The van der Waals surface area contributed by atoms with E-state index in [9.17, 15) is 0 Å². The molecule has 0 aliphatic rings. The van der Waals surface area contributed by atoms with Gasteiger partial charge in [-0.05, 0) is 56.1 Å². The zero-order valence-electron chi connectivity index (χ0n) is 26.3. The van der Waals surface area contributed by atoms with Gasteiger partial charge in [0.1, 0.15) is 11.2 Å². The Morgan fingerprint density at radius 3 is 1.80 bits per heavy atom. The summed E-state index contributed by atoms with van der Waals surface area (Å²) >= 11 is 0. The van der Waals surface area contributed by atoms with Gasteiger partial charge in [0.2, 0.25) is 0 Å². The Hall–Kier alpha value is -6.65. The second-order valence-corrected chi connectivity index (χ2v) is 12.4. The Morgan fingerprint density at radius 1 is 0.327 bits per heavy atom. The molecule has 0 fully saturated rings. The molecule has 0 atom stereocenters. The first-order valence-electron chi connectivity index (χ1n) is 16.4. The highest BCUT2D eigenvalue weighted by Gasteiger charge is 2.22. The first-order chi connectivity index (χ1) is 24.3. The molecule has 228 valence electrons. The van der Waals surface area contributed by atoms with Gasteiger partial charge in [-0.2, -0.15) is 0 Å². The average molecular weight is 626 g/mol. The zero-order chi connectivity index (χ0) is 32.3. The fourth-order valence-electron chi connectivity index (χ4n) is 7.15. The number of rotatable bonds is 4. The molecule has 0 spiro atoms. The number of fused-ring (bicyclic) bond motifs is 6. The summed E-state index contributed by atoms with van der Waals surface area (Å²) in [5.41, 5.74) is 6.52. The molecule has 0 unspecified atom stereocenters. The number of para-hydroxylation sites is 1. The lowest BCUT2D eigenvalue weighted by Gasteiger charge is -2.11. The summed E-state index contributed by atoms with van der Waals surface area (Å²) in [6.45, 7) is 0. The van der Waals surface area contributed by atoms with Crippen molar-refractivity contribution >= 4 is 54.3 Å². The van der Waals surface area contributed by atoms with Crippen molar-refractivity contribution < 1.29 is 4.42 Å². The fourth-order valence-corrected chi connectivity index (χ4v) is 7.15. The lowest BCUT2D eigenvalue weighted by Crippen LogP contribution is -2.00. The quantitative estimate of drug-likeness (QED) is 0.195. The molecule has 0 aliphatic carbocycles. The molecular weight excluding hydrogens is 599 g/mol. The average Bonchev–Trinajstić information content (AvgIpc) is 3.55. The molecule has 0 amide bonds. The molecule has 0 aliphatic heterocycles. The molecule has 2 aromatic heterocycles. The SMILES string of the molecule is c1ccc(-c2nc(-c3ccc4ccccc4c3)nc(-c3cccc4c3oc3c(-c5cccc6ccccc56)c5ccccc5cc34)n2)cc1. The van der Waals surface area contributed by atoms with Crippen LogP contribution in [0.2, 0.25) is 0 Å². The van der Waals surface area contributed by atoms with E-state index in [4.69, 9.17) is 19.4 Å². The van der Waals surface area contributed by atoms with Crippen molar-refractivity contribution in [2.45, 2.75) is 0 Å². The summed E-state index contributed by atoms with van der Waals surface area (Å²) in [6.07, 6.45) is 0. The van der Waals surface area contributed by atoms with Gasteiger partial charge in [0.25, 0.3) is 0 Å². The van der Waals surface area contributed by atoms with Gasteiger partial charge in [0.15, 0.2) is 17.5 Å². The third-order valence-electron chi connectivity index (χ3n) is 9.49. The van der Waals surface area contributed by atoms with Gasteiger partial charge in [-0.25, -0.2) is 15.0 Å². The van der Waals surface area contributed by atoms with E-state index in [0.29, 0.717) is 17.5 Å². The molecular formula is C45H27N3O. The Morgan fingerprint density at radius 2 is 0.939 bits per heavy atom. The highest BCUT2D eigenvalue weighted by Crippen LogP contribution is 2.45. The third kappa shape index (κ3) is 4.49. The van der Waals surface area contributed by atoms with Crippen LogP contribution in [0.5, 0.6) is 0 Å². The maximum Gasteiger partial charge on any atom is 0.167 e. The highest BCUT2D eigenvalue weighted by molar-refractivity contribution is 6.21. The minimum absolute atomic E-state index is 0.568. The maximum atomic E-state index is 7.03. The minimum Gasteiger partial charge on any atom is -0.455 e. The van der Waals surface area contributed by atoms with Gasteiger partial charge in [-0.15, -0.1) is 0 Å². The molecule has 0 saturated carbocycles. The van der Waals surface area contributed by atoms with Crippen molar-refractivity contribution in [2.75, 3.05) is 0 Å². The van der Waals surface area contributed by atoms with E-state index in [0.717, 1.165) is 65.9 Å². The second kappa shape index (κ2) is 11.0. The monoisotopic (exact) mass is 625 g/mol. The summed E-state index contributed by atoms with van der Waals surface area (Å²) in [5, 5.41) is 9.08. The van der Waals surface area contributed by atoms with Crippen LogP contribution < -0.4 is 0 Å². The van der Waals surface area contributed by atoms with Crippen molar-refractivity contribution in [1.29, 1.82) is 0 Å². The van der Waals surface area contributed by atoms with Gasteiger partial charge < -0.3 is 4.42 Å². The van der Waals surface area contributed by atoms with Crippen LogP contribution in [0, 0.1) is 0 Å². The van der Waals surface area contributed by atoms with Crippen LogP contribution in [-0.4, -0.2) is 15.0 Å². The topological polar surface area (TPSA) is 51.8 Å². The van der Waals surface area contributed by atoms with Crippen LogP contribution in [0.25, 0.3) is 99.5 Å². The summed E-state index contributed by atoms with van der Waals surface area (Å²) in [5.74, 6) is 1.80.